The van der Waals surface area contributed by atoms with E-state index in [2.05, 4.69) is 9.88 Å². The van der Waals surface area contributed by atoms with Crippen molar-refractivity contribution in [3.63, 3.8) is 0 Å². The van der Waals surface area contributed by atoms with E-state index in [0.717, 1.165) is 12.8 Å². The number of nitrogens with zero attached hydrogens (tertiary/aromatic N) is 1. The molecule has 1 fully saturated rings. The van der Waals surface area contributed by atoms with Crippen LogP contribution in [-0.2, 0) is 10.0 Å². The van der Waals surface area contributed by atoms with Crippen LogP contribution in [0.4, 0.5) is 0 Å². The maximum Gasteiger partial charge on any atom is 0.246 e. The van der Waals surface area contributed by atoms with Gasteiger partial charge >= 0.3 is 0 Å². The SMILES string of the molecule is Cc1noc(C)c1S(=O)(=O)NC1(C(N)=S)CCCC1. The first-order chi connectivity index (χ1) is 8.78. The summed E-state index contributed by atoms with van der Waals surface area (Å²) in [5.41, 5.74) is 5.25. The van der Waals surface area contributed by atoms with Crippen molar-refractivity contribution in [3.05, 3.63) is 11.5 Å². The minimum absolute atomic E-state index is 0.0787. The molecule has 3 N–H and O–H groups in total. The molecule has 0 bridgehead atoms. The lowest BCUT2D eigenvalue weighted by Crippen LogP contribution is -2.54. The Kier molecular flexibility index (Phi) is 3.67. The van der Waals surface area contributed by atoms with Crippen molar-refractivity contribution >= 4 is 27.2 Å². The molecular formula is C11H17N3O3S2. The van der Waals surface area contributed by atoms with Crippen molar-refractivity contribution in [3.8, 4) is 0 Å². The standard InChI is InChI=1S/C11H17N3O3S2/c1-7-9(8(2)17-13-7)19(15,16)14-11(10(12)18)5-3-4-6-11/h14H,3-6H2,1-2H3,(H2,12,18). The zero-order chi connectivity index (χ0) is 14.3. The lowest BCUT2D eigenvalue weighted by atomic mass is 10.00. The molecule has 1 aromatic heterocycles. The maximum absolute atomic E-state index is 12.5. The Morgan fingerprint density at radius 2 is 2.00 bits per heavy atom. The van der Waals surface area contributed by atoms with Crippen LogP contribution in [0.25, 0.3) is 0 Å². The summed E-state index contributed by atoms with van der Waals surface area (Å²) >= 11 is 5.04. The van der Waals surface area contributed by atoms with Gasteiger partial charge in [-0.15, -0.1) is 0 Å². The van der Waals surface area contributed by atoms with Crippen LogP contribution in [-0.4, -0.2) is 24.1 Å². The summed E-state index contributed by atoms with van der Waals surface area (Å²) in [4.78, 5) is 0.273. The van der Waals surface area contributed by atoms with E-state index in [1.165, 1.54) is 0 Å². The molecule has 0 aliphatic heterocycles. The number of aromatic nitrogens is 1. The molecule has 0 saturated heterocycles. The fourth-order valence-corrected chi connectivity index (χ4v) is 4.64. The molecule has 106 valence electrons. The van der Waals surface area contributed by atoms with Crippen molar-refractivity contribution in [1.82, 2.24) is 9.88 Å². The first-order valence-corrected chi connectivity index (χ1v) is 7.94. The second kappa shape index (κ2) is 4.84. The number of nitrogens with two attached hydrogens (primary N) is 1. The lowest BCUT2D eigenvalue weighted by Gasteiger charge is -2.28. The second-order valence-electron chi connectivity index (χ2n) is 4.91. The smallest absolute Gasteiger partial charge is 0.246 e. The molecule has 1 saturated carbocycles. The van der Waals surface area contributed by atoms with Crippen LogP contribution >= 0.6 is 12.2 Å². The van der Waals surface area contributed by atoms with E-state index in [1.807, 2.05) is 0 Å². The van der Waals surface area contributed by atoms with Gasteiger partial charge in [0, 0.05) is 0 Å². The summed E-state index contributed by atoms with van der Waals surface area (Å²) in [6, 6.07) is 0. The maximum atomic E-state index is 12.5. The molecule has 0 spiro atoms. The summed E-state index contributed by atoms with van der Waals surface area (Å²) in [6.45, 7) is 3.16. The number of nitrogens with one attached hydrogen (secondary N) is 1. The largest absolute Gasteiger partial charge is 0.392 e. The zero-order valence-corrected chi connectivity index (χ0v) is 12.5. The van der Waals surface area contributed by atoms with Gasteiger partial charge in [0.05, 0.1) is 10.5 Å². The average molecular weight is 303 g/mol. The number of hydrogen-bond donors (Lipinski definition) is 2. The predicted octanol–water partition coefficient (Wildman–Crippen LogP) is 1.17. The molecule has 2 rings (SSSR count). The topological polar surface area (TPSA) is 98.2 Å². The number of rotatable bonds is 4. The lowest BCUT2D eigenvalue weighted by molar-refractivity contribution is 0.390. The molecule has 0 atom stereocenters. The van der Waals surface area contributed by atoms with E-state index in [4.69, 9.17) is 22.5 Å². The Morgan fingerprint density at radius 3 is 2.42 bits per heavy atom. The zero-order valence-electron chi connectivity index (χ0n) is 10.9. The van der Waals surface area contributed by atoms with Crippen molar-refractivity contribution in [2.75, 3.05) is 0 Å². The Labute approximate surface area is 117 Å². The fraction of sp³-hybridized carbons (Fsp3) is 0.636. The Hall–Kier alpha value is -0.990. The molecule has 0 aromatic carbocycles. The summed E-state index contributed by atoms with van der Waals surface area (Å²) < 4.78 is 32.5. The van der Waals surface area contributed by atoms with Crippen LogP contribution in [0.5, 0.6) is 0 Å². The fourth-order valence-electron chi connectivity index (χ4n) is 2.54. The molecule has 0 radical (unpaired) electrons. The summed E-state index contributed by atoms with van der Waals surface area (Å²) in [6.07, 6.45) is 3.07. The first-order valence-electron chi connectivity index (χ1n) is 6.05. The number of sulfonamides is 1. The third kappa shape index (κ3) is 2.52. The van der Waals surface area contributed by atoms with E-state index in [0.29, 0.717) is 18.5 Å². The van der Waals surface area contributed by atoms with Gasteiger partial charge in [-0.25, -0.2) is 8.42 Å². The highest BCUT2D eigenvalue weighted by Gasteiger charge is 2.42. The normalized spacial score (nSPS) is 18.6. The highest BCUT2D eigenvalue weighted by molar-refractivity contribution is 7.89. The molecule has 1 aliphatic rings. The molecular weight excluding hydrogens is 286 g/mol. The summed E-state index contributed by atoms with van der Waals surface area (Å²) in [7, 11) is -3.74. The van der Waals surface area contributed by atoms with Crippen LogP contribution in [0.2, 0.25) is 0 Å². The van der Waals surface area contributed by atoms with Gasteiger partial charge in [0.15, 0.2) is 5.76 Å². The van der Waals surface area contributed by atoms with Crippen LogP contribution in [0.1, 0.15) is 37.1 Å². The van der Waals surface area contributed by atoms with E-state index in [9.17, 15) is 8.42 Å². The molecule has 19 heavy (non-hydrogen) atoms. The predicted molar refractivity (Wildman–Crippen MR) is 74.3 cm³/mol. The summed E-state index contributed by atoms with van der Waals surface area (Å²) in [5, 5.41) is 3.67. The number of aryl methyl sites for hydroxylation is 2. The van der Waals surface area contributed by atoms with E-state index in [-0.39, 0.29) is 15.6 Å². The molecule has 1 aromatic rings. The monoisotopic (exact) mass is 303 g/mol. The van der Waals surface area contributed by atoms with Crippen molar-refractivity contribution in [1.29, 1.82) is 0 Å². The van der Waals surface area contributed by atoms with E-state index in [1.54, 1.807) is 13.8 Å². The van der Waals surface area contributed by atoms with Crippen molar-refractivity contribution in [2.24, 2.45) is 5.73 Å². The van der Waals surface area contributed by atoms with Crippen LogP contribution < -0.4 is 10.5 Å². The van der Waals surface area contributed by atoms with Crippen molar-refractivity contribution < 1.29 is 12.9 Å². The Morgan fingerprint density at radius 1 is 1.42 bits per heavy atom. The van der Waals surface area contributed by atoms with Gasteiger partial charge in [-0.1, -0.05) is 30.2 Å². The van der Waals surface area contributed by atoms with Gasteiger partial charge in [0.2, 0.25) is 10.0 Å². The van der Waals surface area contributed by atoms with Gasteiger partial charge in [-0.05, 0) is 26.7 Å². The Balaban J connectivity index is 2.39. The minimum Gasteiger partial charge on any atom is -0.392 e. The Bertz CT molecular complexity index is 581. The van der Waals surface area contributed by atoms with Crippen LogP contribution in [0.3, 0.4) is 0 Å². The number of thiocarbonyl (C=S) groups is 1. The molecule has 8 heteroatoms. The van der Waals surface area contributed by atoms with Gasteiger partial charge in [0.1, 0.15) is 10.6 Å². The summed E-state index contributed by atoms with van der Waals surface area (Å²) in [5.74, 6) is 0.265. The molecule has 1 heterocycles. The van der Waals surface area contributed by atoms with E-state index < -0.39 is 15.6 Å². The third-order valence-electron chi connectivity index (χ3n) is 3.50. The van der Waals surface area contributed by atoms with Gasteiger partial charge in [-0.2, -0.15) is 4.72 Å². The van der Waals surface area contributed by atoms with Crippen molar-refractivity contribution in [2.45, 2.75) is 50.0 Å². The van der Waals surface area contributed by atoms with Gasteiger partial charge in [0.25, 0.3) is 0 Å². The van der Waals surface area contributed by atoms with E-state index >= 15 is 0 Å². The molecule has 0 amide bonds. The van der Waals surface area contributed by atoms with Crippen LogP contribution in [0, 0.1) is 13.8 Å². The molecule has 0 unspecified atom stereocenters. The highest BCUT2D eigenvalue weighted by Crippen LogP contribution is 2.32. The minimum atomic E-state index is -3.74. The highest BCUT2D eigenvalue weighted by atomic mass is 32.2. The quantitative estimate of drug-likeness (QED) is 0.810. The average Bonchev–Trinajstić information content (AvgIpc) is 2.86. The van der Waals surface area contributed by atoms with Gasteiger partial charge in [-0.3, -0.25) is 0 Å². The first kappa shape index (κ1) is 14.4. The third-order valence-corrected chi connectivity index (χ3v) is 5.67. The second-order valence-corrected chi connectivity index (χ2v) is 6.97. The molecule has 6 nitrogen and oxygen atoms in total. The van der Waals surface area contributed by atoms with Crippen LogP contribution in [0.15, 0.2) is 9.42 Å². The molecule has 1 aliphatic carbocycles. The number of hydrogen-bond acceptors (Lipinski definition) is 5. The van der Waals surface area contributed by atoms with Gasteiger partial charge < -0.3 is 10.3 Å².